The number of amides is 1. The molecule has 3 rings (SSSR count). The predicted octanol–water partition coefficient (Wildman–Crippen LogP) is 2.35. The fourth-order valence-corrected chi connectivity index (χ4v) is 2.78. The fourth-order valence-electron chi connectivity index (χ4n) is 2.78. The molecule has 0 saturated carbocycles. The van der Waals surface area contributed by atoms with Gasteiger partial charge in [-0.15, -0.1) is 6.42 Å². The highest BCUT2D eigenvalue weighted by Crippen LogP contribution is 2.27. The van der Waals surface area contributed by atoms with Gasteiger partial charge in [0.2, 0.25) is 5.95 Å². The van der Waals surface area contributed by atoms with E-state index in [4.69, 9.17) is 12.2 Å². The second-order valence-electron chi connectivity index (χ2n) is 5.97. The van der Waals surface area contributed by atoms with Gasteiger partial charge in [0.15, 0.2) is 11.6 Å². The second-order valence-corrected chi connectivity index (χ2v) is 5.97. The highest BCUT2D eigenvalue weighted by Gasteiger charge is 2.15. The standard InChI is InChI=1S/C20H18FN7O/c1-4-18(29)25-13-5-6-16-14(9-13)12(2)11-28(16)19-15(21)10-24-20(27-19)26-17(23-3)7-8-22/h1,5-11H,22H2,2-3H3,(H,25,29)(H,23,24,26,27)/b8-7-. The number of benzene rings is 1. The number of nitrogens with two attached hydrogens (primary N) is 1. The van der Waals surface area contributed by atoms with Gasteiger partial charge in [-0.3, -0.25) is 14.4 Å². The Morgan fingerprint density at radius 3 is 2.90 bits per heavy atom. The number of hydrogen-bond acceptors (Lipinski definition) is 5. The molecule has 8 nitrogen and oxygen atoms in total. The Kier molecular flexibility index (Phi) is 5.55. The van der Waals surface area contributed by atoms with Crippen molar-refractivity contribution >= 4 is 34.3 Å². The van der Waals surface area contributed by atoms with E-state index in [9.17, 15) is 9.18 Å². The van der Waals surface area contributed by atoms with Crippen molar-refractivity contribution in [3.05, 3.63) is 54.2 Å². The molecule has 0 atom stereocenters. The van der Waals surface area contributed by atoms with E-state index >= 15 is 0 Å². The number of anilines is 2. The van der Waals surface area contributed by atoms with Crippen LogP contribution in [-0.2, 0) is 4.79 Å². The van der Waals surface area contributed by atoms with Crippen LogP contribution < -0.4 is 16.4 Å². The normalized spacial score (nSPS) is 11.6. The van der Waals surface area contributed by atoms with Crippen molar-refractivity contribution in [3.8, 4) is 18.2 Å². The minimum atomic E-state index is -0.596. The molecule has 0 aliphatic heterocycles. The number of nitrogens with zero attached hydrogens (tertiary/aromatic N) is 4. The third-order valence-electron chi connectivity index (χ3n) is 4.08. The Balaban J connectivity index is 2.05. The van der Waals surface area contributed by atoms with E-state index < -0.39 is 11.7 Å². The van der Waals surface area contributed by atoms with Gasteiger partial charge in [0.25, 0.3) is 5.91 Å². The number of terminal acetylenes is 1. The number of nitrogens with one attached hydrogen (secondary N) is 2. The quantitative estimate of drug-likeness (QED) is 0.359. The minimum absolute atomic E-state index is 0.0631. The van der Waals surface area contributed by atoms with Crippen molar-refractivity contribution < 1.29 is 9.18 Å². The molecule has 2 heterocycles. The average Bonchev–Trinajstić information content (AvgIpc) is 3.04. The Labute approximate surface area is 166 Å². The molecule has 0 spiro atoms. The van der Waals surface area contributed by atoms with Gasteiger partial charge in [-0.25, -0.2) is 9.37 Å². The molecule has 1 amide bonds. The molecular weight excluding hydrogens is 373 g/mol. The van der Waals surface area contributed by atoms with Crippen LogP contribution in [0.1, 0.15) is 5.56 Å². The average molecular weight is 391 g/mol. The summed E-state index contributed by atoms with van der Waals surface area (Å²) in [5, 5.41) is 6.28. The summed E-state index contributed by atoms with van der Waals surface area (Å²) >= 11 is 0. The Hall–Kier alpha value is -4.19. The molecule has 4 N–H and O–H groups in total. The molecule has 0 fully saturated rings. The first-order valence-electron chi connectivity index (χ1n) is 8.51. The lowest BCUT2D eigenvalue weighted by Gasteiger charge is -2.09. The van der Waals surface area contributed by atoms with E-state index in [1.165, 1.54) is 12.3 Å². The zero-order chi connectivity index (χ0) is 21.0. The summed E-state index contributed by atoms with van der Waals surface area (Å²) in [7, 11) is 1.58. The molecule has 2 aromatic heterocycles. The van der Waals surface area contributed by atoms with Crippen molar-refractivity contribution in [2.75, 3.05) is 17.7 Å². The van der Waals surface area contributed by atoms with E-state index in [2.05, 4.69) is 25.6 Å². The van der Waals surface area contributed by atoms with Crippen molar-refractivity contribution in [2.24, 2.45) is 10.7 Å². The van der Waals surface area contributed by atoms with Crippen LogP contribution in [0.3, 0.4) is 0 Å². The molecule has 0 bridgehead atoms. The molecule has 3 aromatic rings. The summed E-state index contributed by atoms with van der Waals surface area (Å²) in [6.07, 6.45) is 10.8. The Morgan fingerprint density at radius 1 is 1.41 bits per heavy atom. The van der Waals surface area contributed by atoms with Crippen LogP contribution in [-0.4, -0.2) is 33.3 Å². The number of aryl methyl sites for hydroxylation is 1. The Morgan fingerprint density at radius 2 is 2.21 bits per heavy atom. The van der Waals surface area contributed by atoms with E-state index in [-0.39, 0.29) is 11.8 Å². The molecule has 0 radical (unpaired) electrons. The molecule has 0 aliphatic rings. The Bertz CT molecular complexity index is 1190. The van der Waals surface area contributed by atoms with Crippen molar-refractivity contribution in [2.45, 2.75) is 6.92 Å². The van der Waals surface area contributed by atoms with Crippen molar-refractivity contribution in [1.29, 1.82) is 0 Å². The lowest BCUT2D eigenvalue weighted by molar-refractivity contribution is -0.111. The smallest absolute Gasteiger partial charge is 0.300 e. The molecule has 0 aliphatic carbocycles. The minimum Gasteiger partial charge on any atom is -0.404 e. The van der Waals surface area contributed by atoms with Gasteiger partial charge in [0, 0.05) is 24.3 Å². The summed E-state index contributed by atoms with van der Waals surface area (Å²) < 4.78 is 16.2. The lowest BCUT2D eigenvalue weighted by atomic mass is 10.2. The second kappa shape index (κ2) is 8.22. The maximum Gasteiger partial charge on any atom is 0.300 e. The van der Waals surface area contributed by atoms with Gasteiger partial charge in [0.1, 0.15) is 5.84 Å². The number of carbonyl (C=O) groups excluding carboxylic acids is 1. The van der Waals surface area contributed by atoms with Crippen LogP contribution in [0.25, 0.3) is 16.7 Å². The zero-order valence-electron chi connectivity index (χ0n) is 15.8. The molecule has 29 heavy (non-hydrogen) atoms. The molecule has 146 valence electrons. The maximum absolute atomic E-state index is 14.5. The topological polar surface area (TPSA) is 110 Å². The first kappa shape index (κ1) is 19.6. The number of carbonyl (C=O) groups is 1. The van der Waals surface area contributed by atoms with E-state index in [0.29, 0.717) is 17.0 Å². The maximum atomic E-state index is 14.5. The highest BCUT2D eigenvalue weighted by molar-refractivity contribution is 6.04. The van der Waals surface area contributed by atoms with Gasteiger partial charge in [-0.2, -0.15) is 4.98 Å². The highest BCUT2D eigenvalue weighted by atomic mass is 19.1. The van der Waals surface area contributed by atoms with E-state index in [1.807, 2.05) is 12.8 Å². The summed E-state index contributed by atoms with van der Waals surface area (Å²) in [6, 6.07) is 5.20. The number of halogens is 1. The molecule has 9 heteroatoms. The van der Waals surface area contributed by atoms with Crippen LogP contribution in [0.2, 0.25) is 0 Å². The van der Waals surface area contributed by atoms with Gasteiger partial charge >= 0.3 is 0 Å². The van der Waals surface area contributed by atoms with Crippen LogP contribution >= 0.6 is 0 Å². The van der Waals surface area contributed by atoms with Crippen LogP contribution in [0.15, 0.2) is 47.9 Å². The number of hydrogen-bond donors (Lipinski definition) is 3. The molecule has 0 saturated heterocycles. The summed E-state index contributed by atoms with van der Waals surface area (Å²) in [5.41, 5.74) is 7.49. The third kappa shape index (κ3) is 4.06. The zero-order valence-corrected chi connectivity index (χ0v) is 15.8. The van der Waals surface area contributed by atoms with Crippen LogP contribution in [0.5, 0.6) is 0 Å². The van der Waals surface area contributed by atoms with Gasteiger partial charge in [-0.1, -0.05) is 0 Å². The molecule has 0 unspecified atom stereocenters. The number of amidine groups is 1. The van der Waals surface area contributed by atoms with Crippen molar-refractivity contribution in [1.82, 2.24) is 14.5 Å². The summed E-state index contributed by atoms with van der Waals surface area (Å²) in [5.74, 6) is 1.51. The first-order chi connectivity index (χ1) is 14.0. The number of aromatic nitrogens is 3. The lowest BCUT2D eigenvalue weighted by Crippen LogP contribution is -2.14. The molecular formula is C20H18FN7O. The number of fused-ring (bicyclic) bond motifs is 1. The van der Waals surface area contributed by atoms with E-state index in [0.717, 1.165) is 17.1 Å². The largest absolute Gasteiger partial charge is 0.404 e. The first-order valence-corrected chi connectivity index (χ1v) is 8.51. The van der Waals surface area contributed by atoms with Crippen LogP contribution in [0.4, 0.5) is 16.0 Å². The van der Waals surface area contributed by atoms with Gasteiger partial charge in [0.05, 0.1) is 11.7 Å². The van der Waals surface area contributed by atoms with Gasteiger partial charge < -0.3 is 16.4 Å². The number of aliphatic imine (C=N–C) groups is 1. The monoisotopic (exact) mass is 391 g/mol. The third-order valence-corrected chi connectivity index (χ3v) is 4.08. The van der Waals surface area contributed by atoms with Crippen LogP contribution in [0, 0.1) is 25.1 Å². The summed E-state index contributed by atoms with van der Waals surface area (Å²) in [4.78, 5) is 23.6. The number of rotatable bonds is 4. The fraction of sp³-hybridized carbons (Fsp3) is 0.100. The molecule has 1 aromatic carbocycles. The van der Waals surface area contributed by atoms with Crippen molar-refractivity contribution in [3.63, 3.8) is 0 Å². The SMILES string of the molecule is C#CC(=O)Nc1ccc2c(c1)c(C)cn2-c1nc(NC(/C=C\N)=NC)ncc1F. The van der Waals surface area contributed by atoms with Gasteiger partial charge in [-0.05, 0) is 48.9 Å². The predicted molar refractivity (Wildman–Crippen MR) is 111 cm³/mol. The van der Waals surface area contributed by atoms with E-state index in [1.54, 1.807) is 36.0 Å². The summed E-state index contributed by atoms with van der Waals surface area (Å²) in [6.45, 7) is 1.87.